The van der Waals surface area contributed by atoms with Crippen molar-refractivity contribution in [1.29, 1.82) is 0 Å². The number of nitrogens with zero attached hydrogens (tertiary/aromatic N) is 2. The number of aromatic nitrogens is 3. The van der Waals surface area contributed by atoms with Crippen molar-refractivity contribution in [1.82, 2.24) is 15.2 Å². The van der Waals surface area contributed by atoms with Gasteiger partial charge in [-0.25, -0.2) is 0 Å². The Morgan fingerprint density at radius 2 is 1.95 bits per heavy atom. The first kappa shape index (κ1) is 13.4. The van der Waals surface area contributed by atoms with Crippen LogP contribution in [0, 0.1) is 13.8 Å². The predicted octanol–water partition coefficient (Wildman–Crippen LogP) is 3.13. The zero-order valence-corrected chi connectivity index (χ0v) is 11.9. The number of aryl methyl sites for hydroxylation is 3. The van der Waals surface area contributed by atoms with Gasteiger partial charge in [-0.3, -0.25) is 5.10 Å². The fourth-order valence-electron chi connectivity index (χ4n) is 2.17. The van der Waals surface area contributed by atoms with Gasteiger partial charge in [0.25, 0.3) is 0 Å². The lowest BCUT2D eigenvalue weighted by Crippen LogP contribution is -1.97. The molecule has 1 aromatic heterocycles. The lowest BCUT2D eigenvalue weighted by molar-refractivity contribution is 0.408. The molecule has 1 heterocycles. The van der Waals surface area contributed by atoms with Crippen molar-refractivity contribution >= 4 is 11.6 Å². The Morgan fingerprint density at radius 1 is 1.26 bits per heavy atom. The van der Waals surface area contributed by atoms with Crippen molar-refractivity contribution in [3.05, 3.63) is 29.1 Å². The van der Waals surface area contributed by atoms with E-state index in [9.17, 15) is 0 Å². The van der Waals surface area contributed by atoms with Crippen LogP contribution >= 0.6 is 0 Å². The fraction of sp³-hybridized carbons (Fsp3) is 0.429. The summed E-state index contributed by atoms with van der Waals surface area (Å²) in [7, 11) is 1.69. The number of hydrogen-bond acceptors (Lipinski definition) is 4. The minimum absolute atomic E-state index is 0.604. The van der Waals surface area contributed by atoms with Crippen LogP contribution in [-0.4, -0.2) is 22.3 Å². The van der Waals surface area contributed by atoms with Crippen molar-refractivity contribution < 1.29 is 4.74 Å². The summed E-state index contributed by atoms with van der Waals surface area (Å²) >= 11 is 0. The molecule has 1 aromatic carbocycles. The van der Waals surface area contributed by atoms with E-state index in [2.05, 4.69) is 27.4 Å². The third kappa shape index (κ3) is 3.05. The molecule has 0 aliphatic carbocycles. The number of nitrogens with one attached hydrogen (secondary N) is 2. The van der Waals surface area contributed by atoms with E-state index in [0.29, 0.717) is 5.95 Å². The molecule has 0 saturated carbocycles. The van der Waals surface area contributed by atoms with Gasteiger partial charge in [-0.05, 0) is 43.5 Å². The summed E-state index contributed by atoms with van der Waals surface area (Å²) < 4.78 is 5.35. The molecule has 102 valence electrons. The van der Waals surface area contributed by atoms with Gasteiger partial charge in [-0.1, -0.05) is 6.92 Å². The van der Waals surface area contributed by atoms with Crippen LogP contribution in [0.5, 0.6) is 5.75 Å². The van der Waals surface area contributed by atoms with Crippen LogP contribution < -0.4 is 10.1 Å². The number of rotatable bonds is 5. The molecule has 0 unspecified atom stereocenters. The SMILES string of the molecule is CCCc1nc(Nc2cc(C)c(OC)c(C)c2)n[nH]1. The van der Waals surface area contributed by atoms with Crippen molar-refractivity contribution in [2.24, 2.45) is 0 Å². The molecule has 0 spiro atoms. The maximum absolute atomic E-state index is 5.35. The fourth-order valence-corrected chi connectivity index (χ4v) is 2.17. The van der Waals surface area contributed by atoms with Crippen LogP contribution in [0.4, 0.5) is 11.6 Å². The number of hydrogen-bond donors (Lipinski definition) is 2. The molecule has 2 rings (SSSR count). The molecule has 0 aliphatic heterocycles. The largest absolute Gasteiger partial charge is 0.496 e. The van der Waals surface area contributed by atoms with E-state index in [4.69, 9.17) is 4.74 Å². The Labute approximate surface area is 113 Å². The van der Waals surface area contributed by atoms with E-state index in [-0.39, 0.29) is 0 Å². The molecular formula is C14H20N4O. The number of ether oxygens (including phenoxy) is 1. The molecule has 5 nitrogen and oxygen atoms in total. The van der Waals surface area contributed by atoms with Crippen LogP contribution in [0.3, 0.4) is 0 Å². The summed E-state index contributed by atoms with van der Waals surface area (Å²) in [6.07, 6.45) is 1.96. The first-order valence-corrected chi connectivity index (χ1v) is 6.47. The highest BCUT2D eigenvalue weighted by atomic mass is 16.5. The molecule has 0 fully saturated rings. The highest BCUT2D eigenvalue weighted by Gasteiger charge is 2.07. The van der Waals surface area contributed by atoms with E-state index in [1.807, 2.05) is 26.0 Å². The van der Waals surface area contributed by atoms with Gasteiger partial charge in [-0.15, -0.1) is 5.10 Å². The van der Waals surface area contributed by atoms with E-state index >= 15 is 0 Å². The molecule has 0 amide bonds. The maximum Gasteiger partial charge on any atom is 0.246 e. The quantitative estimate of drug-likeness (QED) is 0.867. The summed E-state index contributed by atoms with van der Waals surface area (Å²) in [5, 5.41) is 10.3. The zero-order chi connectivity index (χ0) is 13.8. The predicted molar refractivity (Wildman–Crippen MR) is 76.1 cm³/mol. The van der Waals surface area contributed by atoms with Crippen molar-refractivity contribution in [2.75, 3.05) is 12.4 Å². The molecule has 0 atom stereocenters. The number of aromatic amines is 1. The van der Waals surface area contributed by atoms with Crippen molar-refractivity contribution in [2.45, 2.75) is 33.6 Å². The van der Waals surface area contributed by atoms with Gasteiger partial charge in [0.2, 0.25) is 5.95 Å². The third-order valence-electron chi connectivity index (χ3n) is 2.94. The first-order chi connectivity index (χ1) is 9.13. The van der Waals surface area contributed by atoms with Gasteiger partial charge >= 0.3 is 0 Å². The molecule has 0 aliphatic rings. The molecule has 2 aromatic rings. The average Bonchev–Trinajstić information content (AvgIpc) is 2.77. The summed E-state index contributed by atoms with van der Waals surface area (Å²) in [6.45, 7) is 6.17. The Morgan fingerprint density at radius 3 is 2.53 bits per heavy atom. The summed E-state index contributed by atoms with van der Waals surface area (Å²) in [6, 6.07) is 4.06. The molecule has 19 heavy (non-hydrogen) atoms. The third-order valence-corrected chi connectivity index (χ3v) is 2.94. The smallest absolute Gasteiger partial charge is 0.246 e. The standard InChI is InChI=1S/C14H20N4O/c1-5-6-12-16-14(18-17-12)15-11-7-9(2)13(19-4)10(3)8-11/h7-8H,5-6H2,1-4H3,(H2,15,16,17,18). The molecule has 0 bridgehead atoms. The maximum atomic E-state index is 5.35. The van der Waals surface area contributed by atoms with Crippen LogP contribution in [0.15, 0.2) is 12.1 Å². The second kappa shape index (κ2) is 5.73. The second-order valence-corrected chi connectivity index (χ2v) is 4.62. The highest BCUT2D eigenvalue weighted by molar-refractivity contribution is 5.59. The zero-order valence-electron chi connectivity index (χ0n) is 11.9. The van der Waals surface area contributed by atoms with Crippen molar-refractivity contribution in [3.8, 4) is 5.75 Å². The van der Waals surface area contributed by atoms with E-state index in [1.165, 1.54) is 0 Å². The lowest BCUT2D eigenvalue weighted by Gasteiger charge is -2.11. The Balaban J connectivity index is 2.18. The summed E-state index contributed by atoms with van der Waals surface area (Å²) in [5.41, 5.74) is 3.15. The summed E-state index contributed by atoms with van der Waals surface area (Å²) in [4.78, 5) is 4.39. The number of anilines is 2. The molecule has 0 radical (unpaired) electrons. The lowest BCUT2D eigenvalue weighted by atomic mass is 10.1. The van der Waals surface area contributed by atoms with E-state index in [0.717, 1.165) is 41.2 Å². The van der Waals surface area contributed by atoms with Gasteiger partial charge in [0.05, 0.1) is 7.11 Å². The summed E-state index contributed by atoms with van der Waals surface area (Å²) in [5.74, 6) is 2.44. The monoisotopic (exact) mass is 260 g/mol. The van der Waals surface area contributed by atoms with Gasteiger partial charge in [-0.2, -0.15) is 4.98 Å². The Hall–Kier alpha value is -2.04. The van der Waals surface area contributed by atoms with Gasteiger partial charge in [0, 0.05) is 12.1 Å². The topological polar surface area (TPSA) is 62.8 Å². The minimum atomic E-state index is 0.604. The normalized spacial score (nSPS) is 10.5. The number of methoxy groups -OCH3 is 1. The number of H-pyrrole nitrogens is 1. The Bertz CT molecular complexity index is 539. The van der Waals surface area contributed by atoms with Gasteiger partial charge < -0.3 is 10.1 Å². The molecule has 5 heteroatoms. The highest BCUT2D eigenvalue weighted by Crippen LogP contribution is 2.27. The first-order valence-electron chi connectivity index (χ1n) is 6.47. The van der Waals surface area contributed by atoms with Gasteiger partial charge in [0.15, 0.2) is 0 Å². The minimum Gasteiger partial charge on any atom is -0.496 e. The second-order valence-electron chi connectivity index (χ2n) is 4.62. The molecule has 2 N–H and O–H groups in total. The average molecular weight is 260 g/mol. The van der Waals surface area contributed by atoms with Crippen molar-refractivity contribution in [3.63, 3.8) is 0 Å². The molecular weight excluding hydrogens is 240 g/mol. The van der Waals surface area contributed by atoms with Crippen LogP contribution in [0.2, 0.25) is 0 Å². The van der Waals surface area contributed by atoms with Crippen LogP contribution in [0.25, 0.3) is 0 Å². The number of benzene rings is 1. The van der Waals surface area contributed by atoms with E-state index < -0.39 is 0 Å². The van der Waals surface area contributed by atoms with Crippen LogP contribution in [-0.2, 0) is 6.42 Å². The van der Waals surface area contributed by atoms with Crippen LogP contribution in [0.1, 0.15) is 30.3 Å². The van der Waals surface area contributed by atoms with Gasteiger partial charge in [0.1, 0.15) is 11.6 Å². The Kier molecular flexibility index (Phi) is 4.04. The van der Waals surface area contributed by atoms with E-state index in [1.54, 1.807) is 7.11 Å². The molecule has 0 saturated heterocycles.